The number of rotatable bonds is 2. The molecule has 2 heterocycles. The molecule has 4 nitrogen and oxygen atoms in total. The fourth-order valence-electron chi connectivity index (χ4n) is 1.85. The number of nitriles is 1. The Balaban J connectivity index is 2.91. The maximum absolute atomic E-state index is 11.9. The van der Waals surface area contributed by atoms with Crippen LogP contribution in [0, 0.1) is 22.9 Å². The molecule has 2 aromatic heterocycles. The average molecular weight is 290 g/mol. The Bertz CT molecular complexity index is 724. The van der Waals surface area contributed by atoms with Crippen LogP contribution < -0.4 is 0 Å². The number of hydrogen-bond acceptors (Lipinski definition) is 5. The Morgan fingerprint density at radius 1 is 1.58 bits per heavy atom. The van der Waals surface area contributed by atoms with Gasteiger partial charge in [-0.3, -0.25) is 0 Å². The minimum atomic E-state index is -0.483. The Morgan fingerprint density at radius 2 is 2.32 bits per heavy atom. The molecule has 0 aliphatic carbocycles. The SMILES string of the molecule is COC(=O)c1c(C)[nH]c(=S)c(C#N)c1-c1cccs1. The van der Waals surface area contributed by atoms with Crippen LogP contribution in [0.15, 0.2) is 17.5 Å². The number of carbonyl (C=O) groups excluding carboxylic acids is 1. The number of pyridine rings is 1. The summed E-state index contributed by atoms with van der Waals surface area (Å²) in [5, 5.41) is 11.2. The lowest BCUT2D eigenvalue weighted by atomic mass is 10.0. The van der Waals surface area contributed by atoms with E-state index in [1.165, 1.54) is 18.4 Å². The molecule has 0 amide bonds. The maximum atomic E-state index is 11.9. The topological polar surface area (TPSA) is 65.9 Å². The Hall–Kier alpha value is -1.97. The minimum Gasteiger partial charge on any atom is -0.465 e. The van der Waals surface area contributed by atoms with Crippen LogP contribution in [0.1, 0.15) is 21.6 Å². The molecule has 2 aromatic rings. The van der Waals surface area contributed by atoms with E-state index in [0.29, 0.717) is 27.0 Å². The van der Waals surface area contributed by atoms with E-state index in [1.54, 1.807) is 6.92 Å². The molecule has 0 bridgehead atoms. The van der Waals surface area contributed by atoms with Gasteiger partial charge in [0.1, 0.15) is 10.7 Å². The lowest BCUT2D eigenvalue weighted by Crippen LogP contribution is -2.09. The zero-order chi connectivity index (χ0) is 14.0. The number of hydrogen-bond donors (Lipinski definition) is 1. The highest BCUT2D eigenvalue weighted by molar-refractivity contribution is 7.71. The quantitative estimate of drug-likeness (QED) is 0.679. The van der Waals surface area contributed by atoms with Gasteiger partial charge in [0.05, 0.1) is 18.2 Å². The van der Waals surface area contributed by atoms with E-state index in [0.717, 1.165) is 4.88 Å². The highest BCUT2D eigenvalue weighted by Gasteiger charge is 2.22. The minimum absolute atomic E-state index is 0.295. The molecule has 6 heteroatoms. The van der Waals surface area contributed by atoms with Gasteiger partial charge in [-0.25, -0.2) is 4.79 Å². The molecule has 0 fully saturated rings. The van der Waals surface area contributed by atoms with Crippen molar-refractivity contribution in [1.82, 2.24) is 4.98 Å². The van der Waals surface area contributed by atoms with Gasteiger partial charge in [0, 0.05) is 16.1 Å². The molecule has 1 N–H and O–H groups in total. The number of thiophene rings is 1. The van der Waals surface area contributed by atoms with Crippen LogP contribution in [0.3, 0.4) is 0 Å². The molecular weight excluding hydrogens is 280 g/mol. The van der Waals surface area contributed by atoms with Crippen molar-refractivity contribution in [2.75, 3.05) is 7.11 Å². The molecule has 0 atom stereocenters. The molecule has 19 heavy (non-hydrogen) atoms. The average Bonchev–Trinajstić information content (AvgIpc) is 2.90. The van der Waals surface area contributed by atoms with Gasteiger partial charge in [-0.15, -0.1) is 11.3 Å². The third-order valence-electron chi connectivity index (χ3n) is 2.67. The number of nitrogens with one attached hydrogen (secondary N) is 1. The van der Waals surface area contributed by atoms with Gasteiger partial charge in [0.15, 0.2) is 0 Å². The summed E-state index contributed by atoms with van der Waals surface area (Å²) in [6.07, 6.45) is 0. The van der Waals surface area contributed by atoms with Gasteiger partial charge < -0.3 is 9.72 Å². The van der Waals surface area contributed by atoms with E-state index in [4.69, 9.17) is 17.0 Å². The van der Waals surface area contributed by atoms with Crippen molar-refractivity contribution in [3.05, 3.63) is 39.0 Å². The van der Waals surface area contributed by atoms with Crippen LogP contribution in [-0.4, -0.2) is 18.1 Å². The monoisotopic (exact) mass is 290 g/mol. The van der Waals surface area contributed by atoms with Crippen molar-refractivity contribution in [2.45, 2.75) is 6.92 Å². The third kappa shape index (κ3) is 2.30. The van der Waals surface area contributed by atoms with Crippen molar-refractivity contribution >= 4 is 29.5 Å². The molecule has 0 aliphatic heterocycles. The fourth-order valence-corrected chi connectivity index (χ4v) is 2.94. The standard InChI is InChI=1S/C13H10N2O2S2/c1-7-10(13(16)17-2)11(9-4-3-5-19-9)8(6-14)12(18)15-7/h3-5H,1-2H3,(H,15,18). The van der Waals surface area contributed by atoms with E-state index >= 15 is 0 Å². The first-order valence-corrected chi connectivity index (χ1v) is 6.68. The van der Waals surface area contributed by atoms with Gasteiger partial charge >= 0.3 is 5.97 Å². The van der Waals surface area contributed by atoms with Crippen molar-refractivity contribution < 1.29 is 9.53 Å². The van der Waals surface area contributed by atoms with Crippen LogP contribution in [-0.2, 0) is 4.74 Å². The summed E-state index contributed by atoms with van der Waals surface area (Å²) in [7, 11) is 1.31. The molecule has 96 valence electrons. The second kappa shape index (κ2) is 5.34. The summed E-state index contributed by atoms with van der Waals surface area (Å²) in [6, 6.07) is 5.77. The van der Waals surface area contributed by atoms with Crippen LogP contribution >= 0.6 is 23.6 Å². The van der Waals surface area contributed by atoms with E-state index in [2.05, 4.69) is 11.1 Å². The number of carbonyl (C=O) groups is 1. The summed E-state index contributed by atoms with van der Waals surface area (Å²) in [6.45, 7) is 1.74. The molecule has 0 aliphatic rings. The lowest BCUT2D eigenvalue weighted by Gasteiger charge is -2.11. The lowest BCUT2D eigenvalue weighted by molar-refractivity contribution is 0.0600. The zero-order valence-electron chi connectivity index (χ0n) is 10.3. The summed E-state index contributed by atoms with van der Waals surface area (Å²) in [4.78, 5) is 15.6. The molecular formula is C13H10N2O2S2. The van der Waals surface area contributed by atoms with Crippen LogP contribution in [0.5, 0.6) is 0 Å². The number of aryl methyl sites for hydroxylation is 1. The second-order valence-corrected chi connectivity index (χ2v) is 5.14. The number of aromatic nitrogens is 1. The molecule has 0 saturated carbocycles. The van der Waals surface area contributed by atoms with Gasteiger partial charge in [0.2, 0.25) is 0 Å². The Kier molecular flexibility index (Phi) is 3.79. The number of nitrogens with zero attached hydrogens (tertiary/aromatic N) is 1. The molecule has 0 spiro atoms. The summed E-state index contributed by atoms with van der Waals surface area (Å²) >= 11 is 6.60. The van der Waals surface area contributed by atoms with Crippen molar-refractivity contribution in [3.63, 3.8) is 0 Å². The maximum Gasteiger partial charge on any atom is 0.340 e. The molecule has 2 rings (SSSR count). The van der Waals surface area contributed by atoms with Gasteiger partial charge in [-0.2, -0.15) is 5.26 Å². The Labute approximate surface area is 119 Å². The zero-order valence-corrected chi connectivity index (χ0v) is 11.9. The first kappa shape index (κ1) is 13.5. The molecule has 0 radical (unpaired) electrons. The third-order valence-corrected chi connectivity index (χ3v) is 3.87. The largest absolute Gasteiger partial charge is 0.465 e. The number of methoxy groups -OCH3 is 1. The first-order valence-electron chi connectivity index (χ1n) is 5.39. The summed E-state index contributed by atoms with van der Waals surface area (Å²) < 4.78 is 5.13. The summed E-state index contributed by atoms with van der Waals surface area (Å²) in [5.74, 6) is -0.483. The smallest absolute Gasteiger partial charge is 0.340 e. The Morgan fingerprint density at radius 3 is 2.84 bits per heavy atom. The van der Waals surface area contributed by atoms with E-state index in [1.807, 2.05) is 17.5 Å². The second-order valence-electron chi connectivity index (χ2n) is 3.78. The van der Waals surface area contributed by atoms with Crippen molar-refractivity contribution in [2.24, 2.45) is 0 Å². The molecule has 0 aromatic carbocycles. The first-order chi connectivity index (χ1) is 9.10. The predicted molar refractivity (Wildman–Crippen MR) is 75.7 cm³/mol. The number of aromatic amines is 1. The highest BCUT2D eigenvalue weighted by atomic mass is 32.1. The molecule has 0 saturated heterocycles. The van der Waals surface area contributed by atoms with Crippen LogP contribution in [0.4, 0.5) is 0 Å². The predicted octanol–water partition coefficient (Wildman–Crippen LogP) is 3.44. The van der Waals surface area contributed by atoms with Crippen molar-refractivity contribution in [1.29, 1.82) is 5.26 Å². The van der Waals surface area contributed by atoms with E-state index in [9.17, 15) is 10.1 Å². The van der Waals surface area contributed by atoms with Gasteiger partial charge in [0.25, 0.3) is 0 Å². The van der Waals surface area contributed by atoms with E-state index in [-0.39, 0.29) is 0 Å². The van der Waals surface area contributed by atoms with Gasteiger partial charge in [-0.05, 0) is 18.4 Å². The van der Waals surface area contributed by atoms with Crippen LogP contribution in [0.2, 0.25) is 0 Å². The van der Waals surface area contributed by atoms with E-state index < -0.39 is 5.97 Å². The number of ether oxygens (including phenoxy) is 1. The number of esters is 1. The van der Waals surface area contributed by atoms with Crippen molar-refractivity contribution in [3.8, 4) is 16.5 Å². The molecule has 0 unspecified atom stereocenters. The number of H-pyrrole nitrogens is 1. The van der Waals surface area contributed by atoms with Crippen LogP contribution in [0.25, 0.3) is 10.4 Å². The normalized spacial score (nSPS) is 9.95. The highest BCUT2D eigenvalue weighted by Crippen LogP contribution is 2.33. The summed E-state index contributed by atoms with van der Waals surface area (Å²) in [5.41, 5.74) is 1.79. The van der Waals surface area contributed by atoms with Gasteiger partial charge in [-0.1, -0.05) is 18.3 Å². The fraction of sp³-hybridized carbons (Fsp3) is 0.154.